The molecule has 0 N–H and O–H groups in total. The minimum Gasteiger partial charge on any atom is -0.503 e. The second-order valence-corrected chi connectivity index (χ2v) is 16.9. The van der Waals surface area contributed by atoms with Gasteiger partial charge in [-0.15, -0.1) is 30.3 Å². The van der Waals surface area contributed by atoms with Gasteiger partial charge in [0.05, 0.1) is 5.65 Å². The van der Waals surface area contributed by atoms with Gasteiger partial charge < -0.3 is 18.5 Å². The van der Waals surface area contributed by atoms with Crippen molar-refractivity contribution in [3.63, 3.8) is 0 Å². The Morgan fingerprint density at radius 1 is 0.688 bits per heavy atom. The molecule has 6 nitrogen and oxygen atoms in total. The zero-order valence-electron chi connectivity index (χ0n) is 26.0. The normalized spacial score (nSPS) is 13.6. The minimum absolute atomic E-state index is 0. The van der Waals surface area contributed by atoms with Gasteiger partial charge in [-0.25, -0.2) is 4.98 Å². The quantitative estimate of drug-likeness (QED) is 0.103. The molecule has 0 bridgehead atoms. The van der Waals surface area contributed by atoms with Crippen LogP contribution in [0, 0.1) is 12.1 Å². The Morgan fingerprint density at radius 3 is 2.44 bits per heavy atom. The first-order valence-corrected chi connectivity index (χ1v) is 18.7. The van der Waals surface area contributed by atoms with Crippen LogP contribution in [0.15, 0.2) is 126 Å². The van der Waals surface area contributed by atoms with Crippen LogP contribution in [0.4, 0.5) is 17.2 Å². The summed E-state index contributed by atoms with van der Waals surface area (Å²) >= 11 is 0. The fourth-order valence-electron chi connectivity index (χ4n) is 7.29. The SMILES string of the molecule is C[Si]1(C)c2cc3oc4ccccc4c3cc2N(c2[c-]c(Oc3[c-]c4c(cc3)c3ccccc3n3ccnc43)ccc2)c2ncccc21.[Pd+2]. The van der Waals surface area contributed by atoms with Crippen molar-refractivity contribution in [1.82, 2.24) is 14.4 Å². The Balaban J connectivity index is 0.00000314. The van der Waals surface area contributed by atoms with E-state index in [1.807, 2.05) is 55.0 Å². The molecule has 0 aliphatic carbocycles. The first-order valence-electron chi connectivity index (χ1n) is 15.7. The molecule has 8 heteroatoms. The van der Waals surface area contributed by atoms with E-state index in [9.17, 15) is 0 Å². The molecule has 0 saturated carbocycles. The van der Waals surface area contributed by atoms with Crippen molar-refractivity contribution in [2.45, 2.75) is 13.1 Å². The van der Waals surface area contributed by atoms with Crippen molar-refractivity contribution in [3.05, 3.63) is 134 Å². The number of pyridine rings is 2. The third kappa shape index (κ3) is 4.13. The number of ether oxygens (including phenoxy) is 1. The zero-order valence-corrected chi connectivity index (χ0v) is 28.5. The number of hydrogen-bond donors (Lipinski definition) is 0. The van der Waals surface area contributed by atoms with Gasteiger partial charge in [0.2, 0.25) is 0 Å². The predicted octanol–water partition coefficient (Wildman–Crippen LogP) is 8.93. The van der Waals surface area contributed by atoms with Crippen LogP contribution in [0.1, 0.15) is 0 Å². The number of fused-ring (bicyclic) bond motifs is 11. The van der Waals surface area contributed by atoms with Crippen molar-refractivity contribution >= 4 is 84.9 Å². The van der Waals surface area contributed by atoms with Gasteiger partial charge in [0.25, 0.3) is 0 Å². The summed E-state index contributed by atoms with van der Waals surface area (Å²) in [7, 11) is -2.13. The van der Waals surface area contributed by atoms with Crippen LogP contribution >= 0.6 is 0 Å². The standard InChI is InChI=1S/C40H26N4O2Si.Pd/c1-47(2)37-15-8-18-41-40(37)44(34-23-31-30-12-4-6-14-35(30)46-36(31)24-38(34)47)25-9-7-10-26(21-25)45-27-16-17-28-29-11-3-5-13-33(29)43-20-19-42-39(43)32(28)22-27;/h3-20,23-24H,1-2H3;/q-2;+2. The van der Waals surface area contributed by atoms with Gasteiger partial charge in [-0.1, -0.05) is 78.1 Å². The first-order chi connectivity index (χ1) is 23.0. The molecule has 0 unspecified atom stereocenters. The summed E-state index contributed by atoms with van der Waals surface area (Å²) in [6, 6.07) is 42.5. The molecule has 0 fully saturated rings. The Hall–Kier alpha value is -5.26. The van der Waals surface area contributed by atoms with Crippen LogP contribution in [-0.4, -0.2) is 22.4 Å². The molecule has 0 spiro atoms. The Bertz CT molecular complexity index is 2730. The summed E-state index contributed by atoms with van der Waals surface area (Å²) in [6.07, 6.45) is 5.69. The molecule has 5 heterocycles. The molecular weight excluding hydrogens is 703 g/mol. The third-order valence-electron chi connectivity index (χ3n) is 9.53. The molecule has 1 aliphatic heterocycles. The van der Waals surface area contributed by atoms with Gasteiger partial charge in [0, 0.05) is 52.1 Å². The average molecular weight is 729 g/mol. The first kappa shape index (κ1) is 28.9. The van der Waals surface area contributed by atoms with E-state index in [-0.39, 0.29) is 20.4 Å². The van der Waals surface area contributed by atoms with Gasteiger partial charge in [-0.2, -0.15) is 6.07 Å². The third-order valence-corrected chi connectivity index (χ3v) is 13.0. The number of rotatable bonds is 3. The number of nitrogens with zero attached hydrogens (tertiary/aromatic N) is 4. The molecule has 0 saturated heterocycles. The maximum atomic E-state index is 6.49. The zero-order chi connectivity index (χ0) is 31.3. The van der Waals surface area contributed by atoms with Crippen molar-refractivity contribution in [2.75, 3.05) is 4.90 Å². The molecule has 5 aromatic carbocycles. The van der Waals surface area contributed by atoms with Crippen LogP contribution < -0.4 is 20.0 Å². The molecule has 0 atom stereocenters. The van der Waals surface area contributed by atoms with Crippen LogP contribution in [0.25, 0.3) is 49.3 Å². The summed E-state index contributed by atoms with van der Waals surface area (Å²) in [4.78, 5) is 11.8. The van der Waals surface area contributed by atoms with Crippen LogP contribution in [0.3, 0.4) is 0 Å². The van der Waals surface area contributed by atoms with E-state index in [1.165, 1.54) is 10.4 Å². The van der Waals surface area contributed by atoms with E-state index in [1.54, 1.807) is 0 Å². The maximum absolute atomic E-state index is 6.49. The Kier molecular flexibility index (Phi) is 6.40. The molecule has 48 heavy (non-hydrogen) atoms. The maximum Gasteiger partial charge on any atom is 2.00 e. The van der Waals surface area contributed by atoms with Gasteiger partial charge >= 0.3 is 20.4 Å². The van der Waals surface area contributed by atoms with Crippen LogP contribution in [0.2, 0.25) is 13.1 Å². The molecule has 232 valence electrons. The minimum atomic E-state index is -2.13. The molecule has 10 rings (SSSR count). The van der Waals surface area contributed by atoms with Crippen molar-refractivity contribution in [2.24, 2.45) is 0 Å². The number of anilines is 3. The van der Waals surface area contributed by atoms with E-state index >= 15 is 0 Å². The fourth-order valence-corrected chi connectivity index (χ4v) is 10.1. The second kappa shape index (κ2) is 10.6. The number of furan rings is 1. The second-order valence-electron chi connectivity index (χ2n) is 12.6. The summed E-state index contributed by atoms with van der Waals surface area (Å²) < 4.78 is 14.9. The Morgan fingerprint density at radius 2 is 1.52 bits per heavy atom. The summed E-state index contributed by atoms with van der Waals surface area (Å²) in [5, 5.41) is 7.89. The van der Waals surface area contributed by atoms with E-state index in [0.29, 0.717) is 11.5 Å². The van der Waals surface area contributed by atoms with E-state index in [0.717, 1.165) is 66.5 Å². The summed E-state index contributed by atoms with van der Waals surface area (Å²) in [5.74, 6) is 2.13. The van der Waals surface area contributed by atoms with Gasteiger partial charge in [-0.05, 0) is 46.1 Å². The topological polar surface area (TPSA) is 55.8 Å². The van der Waals surface area contributed by atoms with Gasteiger partial charge in [0.15, 0.2) is 0 Å². The van der Waals surface area contributed by atoms with Crippen molar-refractivity contribution in [3.8, 4) is 11.5 Å². The molecule has 4 aromatic heterocycles. The predicted molar refractivity (Wildman–Crippen MR) is 191 cm³/mol. The Labute approximate surface area is 290 Å². The van der Waals surface area contributed by atoms with Gasteiger partial charge in [-0.3, -0.25) is 4.98 Å². The number of imidazole rings is 1. The number of benzene rings is 5. The monoisotopic (exact) mass is 728 g/mol. The smallest absolute Gasteiger partial charge is 0.503 e. The van der Waals surface area contributed by atoms with Crippen LogP contribution in [-0.2, 0) is 20.4 Å². The van der Waals surface area contributed by atoms with E-state index in [2.05, 4.69) is 106 Å². The fraction of sp³-hybridized carbons (Fsp3) is 0.0500. The van der Waals surface area contributed by atoms with Crippen LogP contribution in [0.5, 0.6) is 11.5 Å². The molecule has 0 amide bonds. The molecule has 1 aliphatic rings. The van der Waals surface area contributed by atoms with Crippen molar-refractivity contribution < 1.29 is 29.6 Å². The number of aromatic nitrogens is 3. The van der Waals surface area contributed by atoms with Crippen molar-refractivity contribution in [1.29, 1.82) is 0 Å². The number of hydrogen-bond acceptors (Lipinski definition) is 5. The van der Waals surface area contributed by atoms with E-state index in [4.69, 9.17) is 14.1 Å². The summed E-state index contributed by atoms with van der Waals surface area (Å²) in [6.45, 7) is 4.77. The average Bonchev–Trinajstić information content (AvgIpc) is 3.74. The molecule has 9 aromatic rings. The molecule has 0 radical (unpaired) electrons. The van der Waals surface area contributed by atoms with E-state index < -0.39 is 8.07 Å². The largest absolute Gasteiger partial charge is 2.00 e. The summed E-state index contributed by atoms with van der Waals surface area (Å²) in [5.41, 5.74) is 5.71. The molecular formula is C40H26N4O2PdSi. The number of para-hydroxylation sites is 2. The van der Waals surface area contributed by atoms with Gasteiger partial charge in [0.1, 0.15) is 25.1 Å².